The summed E-state index contributed by atoms with van der Waals surface area (Å²) in [6.07, 6.45) is 6.77. The Morgan fingerprint density at radius 1 is 1.26 bits per heavy atom. The number of nitrogens with zero attached hydrogens (tertiary/aromatic N) is 1. The van der Waals surface area contributed by atoms with E-state index in [0.29, 0.717) is 11.4 Å². The number of Topliss-reactive ketones (excluding diaryl/α,β-unsaturated/α-hetero) is 1. The van der Waals surface area contributed by atoms with Crippen molar-refractivity contribution in [1.82, 2.24) is 10.2 Å². The van der Waals surface area contributed by atoms with Crippen LogP contribution in [-0.4, -0.2) is 34.1 Å². The predicted octanol–water partition coefficient (Wildman–Crippen LogP) is 2.32. The lowest BCUT2D eigenvalue weighted by molar-refractivity contribution is 0.0385. The van der Waals surface area contributed by atoms with Crippen LogP contribution < -0.4 is 5.32 Å². The largest absolute Gasteiger partial charge is 0.370 e. The van der Waals surface area contributed by atoms with E-state index in [0.717, 1.165) is 25.7 Å². The Kier molecular flexibility index (Phi) is 3.45. The molecule has 1 aromatic carbocycles. The van der Waals surface area contributed by atoms with E-state index in [9.17, 15) is 14.3 Å². The number of ketones is 1. The van der Waals surface area contributed by atoms with Gasteiger partial charge in [0.15, 0.2) is 5.78 Å². The van der Waals surface area contributed by atoms with Crippen molar-refractivity contribution in [2.75, 3.05) is 0 Å². The highest BCUT2D eigenvalue weighted by atomic mass is 19.1. The fraction of sp³-hybridized carbons (Fsp3) is 0.389. The lowest BCUT2D eigenvalue weighted by Crippen LogP contribution is -2.43. The Morgan fingerprint density at radius 3 is 2.87 bits per heavy atom. The normalized spacial score (nSPS) is 29.1. The third kappa shape index (κ3) is 2.27. The van der Waals surface area contributed by atoms with E-state index in [1.54, 1.807) is 24.3 Å². The summed E-state index contributed by atoms with van der Waals surface area (Å²) in [6, 6.07) is 6.45. The third-order valence-electron chi connectivity index (χ3n) is 5.01. The van der Waals surface area contributed by atoms with Crippen LogP contribution in [0.1, 0.15) is 36.0 Å². The molecule has 0 amide bonds. The number of aliphatic hydroxyl groups is 1. The van der Waals surface area contributed by atoms with Gasteiger partial charge in [-0.3, -0.25) is 4.79 Å². The van der Waals surface area contributed by atoms with E-state index in [1.165, 1.54) is 12.1 Å². The summed E-state index contributed by atoms with van der Waals surface area (Å²) in [5.74, 6) is -0.227. The van der Waals surface area contributed by atoms with E-state index < -0.39 is 12.0 Å². The number of halogens is 1. The highest BCUT2D eigenvalue weighted by Gasteiger charge is 2.43. The summed E-state index contributed by atoms with van der Waals surface area (Å²) in [5.41, 5.74) is 0.488. The van der Waals surface area contributed by atoms with Crippen LogP contribution >= 0.6 is 0 Å². The summed E-state index contributed by atoms with van der Waals surface area (Å²) < 4.78 is 14.0. The van der Waals surface area contributed by atoms with Gasteiger partial charge in [0.1, 0.15) is 17.9 Å². The fourth-order valence-corrected chi connectivity index (χ4v) is 3.90. The van der Waals surface area contributed by atoms with Crippen molar-refractivity contribution in [1.29, 1.82) is 0 Å². The Morgan fingerprint density at radius 2 is 2.04 bits per heavy atom. The first-order valence-corrected chi connectivity index (χ1v) is 8.11. The van der Waals surface area contributed by atoms with Crippen LogP contribution in [0.25, 0.3) is 0 Å². The molecule has 2 aliphatic heterocycles. The minimum Gasteiger partial charge on any atom is -0.370 e. The molecule has 1 unspecified atom stereocenters. The molecule has 1 aromatic rings. The number of hydrogen-bond donors (Lipinski definition) is 2. The minimum atomic E-state index is -0.734. The molecule has 4 nitrogen and oxygen atoms in total. The lowest BCUT2D eigenvalue weighted by Gasteiger charge is -2.35. The van der Waals surface area contributed by atoms with Crippen LogP contribution in [0, 0.1) is 5.82 Å². The van der Waals surface area contributed by atoms with Crippen molar-refractivity contribution in [3.63, 3.8) is 0 Å². The van der Waals surface area contributed by atoms with Crippen LogP contribution in [0.5, 0.6) is 0 Å². The van der Waals surface area contributed by atoms with Gasteiger partial charge < -0.3 is 15.3 Å². The van der Waals surface area contributed by atoms with Crippen molar-refractivity contribution in [3.8, 4) is 0 Å². The van der Waals surface area contributed by atoms with E-state index in [4.69, 9.17) is 0 Å². The van der Waals surface area contributed by atoms with Crippen molar-refractivity contribution in [3.05, 3.63) is 59.2 Å². The number of carbonyl (C=O) groups excluding carboxylic acids is 1. The molecule has 2 fully saturated rings. The monoisotopic (exact) mass is 314 g/mol. The fourth-order valence-electron chi connectivity index (χ4n) is 3.90. The van der Waals surface area contributed by atoms with Crippen LogP contribution in [0.2, 0.25) is 0 Å². The maximum absolute atomic E-state index is 14.0. The van der Waals surface area contributed by atoms with Crippen molar-refractivity contribution < 1.29 is 14.3 Å². The predicted molar refractivity (Wildman–Crippen MR) is 83.9 cm³/mol. The molecule has 2 N–H and O–H groups in total. The molecule has 0 radical (unpaired) electrons. The summed E-state index contributed by atoms with van der Waals surface area (Å²) >= 11 is 0. The number of aliphatic hydroxyl groups excluding tert-OH is 1. The molecular weight excluding hydrogens is 295 g/mol. The molecule has 4 rings (SSSR count). The first kappa shape index (κ1) is 14.5. The topological polar surface area (TPSA) is 52.6 Å². The van der Waals surface area contributed by atoms with Gasteiger partial charge in [-0.25, -0.2) is 4.39 Å². The van der Waals surface area contributed by atoms with Crippen molar-refractivity contribution >= 4 is 5.78 Å². The van der Waals surface area contributed by atoms with Gasteiger partial charge in [-0.2, -0.15) is 0 Å². The zero-order valence-corrected chi connectivity index (χ0v) is 12.7. The van der Waals surface area contributed by atoms with E-state index in [-0.39, 0.29) is 23.4 Å². The Hall–Kier alpha value is -2.14. The second-order valence-electron chi connectivity index (χ2n) is 6.35. The van der Waals surface area contributed by atoms with Gasteiger partial charge >= 0.3 is 0 Å². The van der Waals surface area contributed by atoms with Gasteiger partial charge in [0.25, 0.3) is 0 Å². The van der Waals surface area contributed by atoms with Gasteiger partial charge in [0.2, 0.25) is 0 Å². The second kappa shape index (κ2) is 5.49. The van der Waals surface area contributed by atoms with Crippen LogP contribution in [-0.2, 0) is 0 Å². The molecule has 5 heteroatoms. The molecule has 23 heavy (non-hydrogen) atoms. The molecule has 0 bridgehead atoms. The van der Waals surface area contributed by atoms with E-state index >= 15 is 0 Å². The smallest absolute Gasteiger partial charge is 0.199 e. The molecule has 1 saturated heterocycles. The average Bonchev–Trinajstić information content (AvgIpc) is 2.95. The van der Waals surface area contributed by atoms with Gasteiger partial charge in [-0.1, -0.05) is 25.0 Å². The molecular formula is C18H19FN2O2. The Labute approximate surface area is 134 Å². The van der Waals surface area contributed by atoms with Crippen LogP contribution in [0.4, 0.5) is 4.39 Å². The lowest BCUT2D eigenvalue weighted by atomic mass is 9.91. The summed E-state index contributed by atoms with van der Waals surface area (Å²) in [4.78, 5) is 14.7. The number of fused-ring (bicyclic) bond motifs is 3. The second-order valence-corrected chi connectivity index (χ2v) is 6.35. The average molecular weight is 314 g/mol. The zero-order chi connectivity index (χ0) is 16.0. The number of nitrogens with one attached hydrogen (secondary N) is 1. The SMILES string of the molecule is O=C(C1=C2N[C@H]3CCCC[C@@H]3N2C(O)C=C1)c1ccccc1F. The number of carbonyl (C=O) groups is 1. The summed E-state index contributed by atoms with van der Waals surface area (Å²) in [6.45, 7) is 0. The Bertz CT molecular complexity index is 713. The molecule has 3 aliphatic rings. The molecule has 3 atom stereocenters. The first-order valence-electron chi connectivity index (χ1n) is 8.11. The van der Waals surface area contributed by atoms with Crippen LogP contribution in [0.15, 0.2) is 47.8 Å². The molecule has 1 aliphatic carbocycles. The molecule has 1 saturated carbocycles. The number of rotatable bonds is 2. The molecule has 0 spiro atoms. The van der Waals surface area contributed by atoms with E-state index in [2.05, 4.69) is 5.32 Å². The number of hydrogen-bond acceptors (Lipinski definition) is 4. The first-order chi connectivity index (χ1) is 11.2. The summed E-state index contributed by atoms with van der Waals surface area (Å²) in [5, 5.41) is 13.7. The number of allylic oxidation sites excluding steroid dienone is 2. The zero-order valence-electron chi connectivity index (χ0n) is 12.7. The highest BCUT2D eigenvalue weighted by Crippen LogP contribution is 2.36. The van der Waals surface area contributed by atoms with Crippen molar-refractivity contribution in [2.24, 2.45) is 0 Å². The summed E-state index contributed by atoms with van der Waals surface area (Å²) in [7, 11) is 0. The minimum absolute atomic E-state index is 0.0626. The highest BCUT2D eigenvalue weighted by molar-refractivity contribution is 6.11. The van der Waals surface area contributed by atoms with Crippen LogP contribution in [0.3, 0.4) is 0 Å². The van der Waals surface area contributed by atoms with Gasteiger partial charge in [-0.05, 0) is 37.1 Å². The van der Waals surface area contributed by atoms with Gasteiger partial charge in [-0.15, -0.1) is 0 Å². The standard InChI is InChI=1S/C18H19FN2O2/c19-13-6-2-1-5-11(13)17(23)12-9-10-16(22)21-15-8-4-3-7-14(15)20-18(12)21/h1-2,5-6,9-10,14-16,20,22H,3-4,7-8H2/t14-,15-,16?/m0/s1. The quantitative estimate of drug-likeness (QED) is 0.823. The molecule has 2 heterocycles. The van der Waals surface area contributed by atoms with Crippen molar-refractivity contribution in [2.45, 2.75) is 44.0 Å². The maximum atomic E-state index is 14.0. The molecule has 120 valence electrons. The maximum Gasteiger partial charge on any atom is 0.199 e. The Balaban J connectivity index is 1.75. The number of benzene rings is 1. The van der Waals surface area contributed by atoms with Gasteiger partial charge in [0.05, 0.1) is 17.2 Å². The third-order valence-corrected chi connectivity index (χ3v) is 5.01. The van der Waals surface area contributed by atoms with E-state index in [1.807, 2.05) is 4.90 Å². The van der Waals surface area contributed by atoms with Gasteiger partial charge in [0, 0.05) is 6.04 Å². The molecule has 0 aromatic heterocycles.